The maximum absolute atomic E-state index is 12.4. The Morgan fingerprint density at radius 2 is 1.70 bits per heavy atom. The molecule has 1 heterocycles. The van der Waals surface area contributed by atoms with Gasteiger partial charge in [0.05, 0.1) is 0 Å². The summed E-state index contributed by atoms with van der Waals surface area (Å²) in [4.78, 5) is 36.0. The summed E-state index contributed by atoms with van der Waals surface area (Å²) >= 11 is 0. The molecule has 1 saturated heterocycles. The Morgan fingerprint density at radius 1 is 0.913 bits per heavy atom. The number of Topliss-reactive ketones (excluding diaryl/α,β-unsaturated/α-hetero) is 2. The molecule has 4 nitrogen and oxygen atoms in total. The van der Waals surface area contributed by atoms with E-state index < -0.39 is 0 Å². The lowest BCUT2D eigenvalue weighted by atomic mass is 9.45. The molecular weight excluding hydrogens is 292 g/mol. The van der Waals surface area contributed by atoms with Gasteiger partial charge < -0.3 is 4.74 Å². The van der Waals surface area contributed by atoms with Crippen LogP contribution in [-0.2, 0) is 19.1 Å². The third kappa shape index (κ3) is 2.06. The largest absolute Gasteiger partial charge is 0.459 e. The first-order valence-electron chi connectivity index (χ1n) is 9.14. The molecule has 0 aromatic heterocycles. The van der Waals surface area contributed by atoms with Crippen molar-refractivity contribution in [2.75, 3.05) is 0 Å². The van der Waals surface area contributed by atoms with Gasteiger partial charge in [-0.15, -0.1) is 0 Å². The molecule has 23 heavy (non-hydrogen) atoms. The number of esters is 1. The molecule has 0 aromatic carbocycles. The van der Waals surface area contributed by atoms with Crippen LogP contribution in [0.25, 0.3) is 0 Å². The molecule has 1 aliphatic heterocycles. The molecule has 4 fully saturated rings. The normalized spacial score (nSPS) is 49.7. The van der Waals surface area contributed by atoms with Crippen LogP contribution in [0.4, 0.5) is 0 Å². The Labute approximate surface area is 137 Å². The Bertz CT molecular complexity index is 582. The zero-order chi connectivity index (χ0) is 16.4. The maximum atomic E-state index is 12.4. The van der Waals surface area contributed by atoms with Gasteiger partial charge in [0.2, 0.25) is 5.78 Å². The van der Waals surface area contributed by atoms with Crippen molar-refractivity contribution in [3.05, 3.63) is 0 Å². The summed E-state index contributed by atoms with van der Waals surface area (Å²) in [6.07, 6.45) is 6.47. The molecule has 0 amide bonds. The van der Waals surface area contributed by atoms with Crippen molar-refractivity contribution in [2.45, 2.75) is 70.8 Å². The zero-order valence-corrected chi connectivity index (χ0v) is 14.1. The van der Waals surface area contributed by atoms with Crippen LogP contribution < -0.4 is 0 Å². The number of fused-ring (bicyclic) bond motifs is 5. The van der Waals surface area contributed by atoms with E-state index in [0.717, 1.165) is 38.5 Å². The fraction of sp³-hybridized carbons (Fsp3) is 0.842. The lowest BCUT2D eigenvalue weighted by Gasteiger charge is -2.60. The van der Waals surface area contributed by atoms with Gasteiger partial charge in [-0.25, -0.2) is 0 Å². The number of ketones is 2. The summed E-state index contributed by atoms with van der Waals surface area (Å²) in [7, 11) is 0. The Morgan fingerprint density at radius 3 is 2.48 bits per heavy atom. The lowest BCUT2D eigenvalue weighted by molar-refractivity contribution is -0.201. The van der Waals surface area contributed by atoms with E-state index in [1.54, 1.807) is 0 Å². The summed E-state index contributed by atoms with van der Waals surface area (Å²) < 4.78 is 5.77. The van der Waals surface area contributed by atoms with Gasteiger partial charge in [-0.1, -0.05) is 6.92 Å². The van der Waals surface area contributed by atoms with Crippen LogP contribution >= 0.6 is 0 Å². The van der Waals surface area contributed by atoms with Gasteiger partial charge in [0.25, 0.3) is 0 Å². The predicted octanol–water partition coefficient (Wildman–Crippen LogP) is 3.07. The molecular formula is C19H26O4. The summed E-state index contributed by atoms with van der Waals surface area (Å²) in [6, 6.07) is 0. The van der Waals surface area contributed by atoms with Crippen LogP contribution in [0.1, 0.15) is 65.2 Å². The zero-order valence-electron chi connectivity index (χ0n) is 14.1. The Hall–Kier alpha value is -1.19. The molecule has 0 spiro atoms. The second-order valence-corrected chi connectivity index (χ2v) is 8.66. The van der Waals surface area contributed by atoms with Crippen LogP contribution in [-0.4, -0.2) is 23.1 Å². The van der Waals surface area contributed by atoms with Gasteiger partial charge in [0.15, 0.2) is 5.78 Å². The number of carbonyl (C=O) groups excluding carboxylic acids is 3. The van der Waals surface area contributed by atoms with Crippen LogP contribution in [0.5, 0.6) is 0 Å². The van der Waals surface area contributed by atoms with Crippen molar-refractivity contribution in [1.29, 1.82) is 0 Å². The second kappa shape index (κ2) is 4.90. The fourth-order valence-corrected chi connectivity index (χ4v) is 6.46. The monoisotopic (exact) mass is 318 g/mol. The Balaban J connectivity index is 1.65. The third-order valence-corrected chi connectivity index (χ3v) is 7.69. The molecule has 3 saturated carbocycles. The number of ether oxygens (including phenoxy) is 1. The topological polar surface area (TPSA) is 60.4 Å². The summed E-state index contributed by atoms with van der Waals surface area (Å²) in [5.74, 6) is 1.06. The van der Waals surface area contributed by atoms with Gasteiger partial charge >= 0.3 is 5.97 Å². The molecule has 4 rings (SSSR count). The van der Waals surface area contributed by atoms with Gasteiger partial charge in [-0.3, -0.25) is 14.4 Å². The standard InChI is InChI=1S/C19H26O4/c1-18-9-8-15(20)17(22)14(18)4-3-11-12(18)7-10-19(2)13(11)5-6-16(21)23-19/h11-14H,3-10H2,1-2H3/t11?,12?,13?,14?,18-,19+/m1/s1. The molecule has 4 heteroatoms. The Kier molecular flexibility index (Phi) is 3.27. The van der Waals surface area contributed by atoms with Crippen molar-refractivity contribution in [3.8, 4) is 0 Å². The van der Waals surface area contributed by atoms with Crippen LogP contribution in [0.3, 0.4) is 0 Å². The highest BCUT2D eigenvalue weighted by Gasteiger charge is 2.60. The smallest absolute Gasteiger partial charge is 0.306 e. The maximum Gasteiger partial charge on any atom is 0.306 e. The molecule has 0 radical (unpaired) electrons. The number of hydrogen-bond acceptors (Lipinski definition) is 4. The van der Waals surface area contributed by atoms with Gasteiger partial charge in [0.1, 0.15) is 5.60 Å². The second-order valence-electron chi connectivity index (χ2n) is 8.66. The van der Waals surface area contributed by atoms with E-state index in [2.05, 4.69) is 13.8 Å². The van der Waals surface area contributed by atoms with E-state index in [1.165, 1.54) is 0 Å². The molecule has 0 bridgehead atoms. The van der Waals surface area contributed by atoms with Gasteiger partial charge in [-0.2, -0.15) is 0 Å². The van der Waals surface area contributed by atoms with Crippen LogP contribution in [0.15, 0.2) is 0 Å². The average Bonchev–Trinajstić information content (AvgIpc) is 2.50. The van der Waals surface area contributed by atoms with E-state index in [1.807, 2.05) is 0 Å². The van der Waals surface area contributed by atoms with E-state index in [9.17, 15) is 14.4 Å². The van der Waals surface area contributed by atoms with Crippen LogP contribution in [0.2, 0.25) is 0 Å². The summed E-state index contributed by atoms with van der Waals surface area (Å²) in [5.41, 5.74) is -0.342. The molecule has 0 N–H and O–H groups in total. The number of carbonyl (C=O) groups is 3. The van der Waals surface area contributed by atoms with E-state index in [0.29, 0.717) is 30.6 Å². The molecule has 0 aromatic rings. The highest BCUT2D eigenvalue weighted by atomic mass is 16.6. The third-order valence-electron chi connectivity index (χ3n) is 7.69. The quantitative estimate of drug-likeness (QED) is 0.509. The summed E-state index contributed by atoms with van der Waals surface area (Å²) in [6.45, 7) is 4.35. The summed E-state index contributed by atoms with van der Waals surface area (Å²) in [5, 5.41) is 0. The van der Waals surface area contributed by atoms with Crippen molar-refractivity contribution >= 4 is 17.5 Å². The van der Waals surface area contributed by atoms with Gasteiger partial charge in [-0.05, 0) is 62.7 Å². The SMILES string of the molecule is C[C@]12CCC(=O)C(=O)C1CCC1C2CC[C@]2(C)OC(=O)CCC12. The first-order valence-corrected chi connectivity index (χ1v) is 9.14. The average molecular weight is 318 g/mol. The minimum Gasteiger partial charge on any atom is -0.459 e. The van der Waals surface area contributed by atoms with Gasteiger partial charge in [0, 0.05) is 24.7 Å². The fourth-order valence-electron chi connectivity index (χ4n) is 6.46. The van der Waals surface area contributed by atoms with Crippen molar-refractivity contribution in [1.82, 2.24) is 0 Å². The minimum atomic E-state index is -0.311. The first-order chi connectivity index (χ1) is 10.8. The number of rotatable bonds is 0. The molecule has 4 aliphatic rings. The molecule has 3 aliphatic carbocycles. The lowest BCUT2D eigenvalue weighted by Crippen LogP contribution is -2.59. The first kappa shape index (κ1) is 15.3. The molecule has 6 atom stereocenters. The van der Waals surface area contributed by atoms with E-state index in [-0.39, 0.29) is 34.5 Å². The van der Waals surface area contributed by atoms with Crippen molar-refractivity contribution < 1.29 is 19.1 Å². The highest BCUT2D eigenvalue weighted by molar-refractivity contribution is 6.38. The van der Waals surface area contributed by atoms with Crippen molar-refractivity contribution in [3.63, 3.8) is 0 Å². The molecule has 126 valence electrons. The predicted molar refractivity (Wildman–Crippen MR) is 83.5 cm³/mol. The van der Waals surface area contributed by atoms with E-state index in [4.69, 9.17) is 4.74 Å². The van der Waals surface area contributed by atoms with E-state index >= 15 is 0 Å². The highest BCUT2D eigenvalue weighted by Crippen LogP contribution is 2.62. The number of hydrogen-bond donors (Lipinski definition) is 0. The van der Waals surface area contributed by atoms with Crippen LogP contribution in [0, 0.1) is 29.1 Å². The minimum absolute atomic E-state index is 0.0311. The van der Waals surface area contributed by atoms with Crippen molar-refractivity contribution in [2.24, 2.45) is 29.1 Å². The molecule has 4 unspecified atom stereocenters.